The smallest absolute Gasteiger partial charge is 0.222 e. The van der Waals surface area contributed by atoms with Crippen LogP contribution in [-0.2, 0) is 9.53 Å². The summed E-state index contributed by atoms with van der Waals surface area (Å²) in [6.45, 7) is 1.89. The lowest BCUT2D eigenvalue weighted by molar-refractivity contribution is -0.131. The van der Waals surface area contributed by atoms with Gasteiger partial charge < -0.3 is 9.64 Å². The Morgan fingerprint density at radius 1 is 1.50 bits per heavy atom. The van der Waals surface area contributed by atoms with Crippen LogP contribution in [0.15, 0.2) is 0 Å². The number of hydrogen-bond acceptors (Lipinski definition) is 2. The van der Waals surface area contributed by atoms with E-state index < -0.39 is 0 Å². The molecule has 1 aliphatic rings. The Morgan fingerprint density at radius 2 is 2.21 bits per heavy atom. The minimum Gasteiger partial charge on any atom is -0.383 e. The number of methoxy groups -OCH3 is 1. The van der Waals surface area contributed by atoms with Gasteiger partial charge in [0.1, 0.15) is 0 Å². The van der Waals surface area contributed by atoms with E-state index in [-0.39, 0.29) is 5.91 Å². The van der Waals surface area contributed by atoms with E-state index in [9.17, 15) is 4.79 Å². The van der Waals surface area contributed by atoms with E-state index >= 15 is 0 Å². The summed E-state index contributed by atoms with van der Waals surface area (Å²) in [5.41, 5.74) is 0. The second-order valence-corrected chi connectivity index (χ2v) is 4.09. The topological polar surface area (TPSA) is 29.5 Å². The fraction of sp³-hybridized carbons (Fsp3) is 0.900. The highest BCUT2D eigenvalue weighted by Gasteiger charge is 2.26. The van der Waals surface area contributed by atoms with Crippen LogP contribution in [0.4, 0.5) is 0 Å². The van der Waals surface area contributed by atoms with Crippen molar-refractivity contribution in [1.82, 2.24) is 4.90 Å². The first-order valence-corrected chi connectivity index (χ1v) is 5.64. The SMILES string of the molecule is COCCN(CCCl)C(=O)CC1CC1. The molecule has 0 spiro atoms. The zero-order valence-electron chi connectivity index (χ0n) is 8.67. The van der Waals surface area contributed by atoms with Gasteiger partial charge in [0.15, 0.2) is 0 Å². The highest BCUT2D eigenvalue weighted by Crippen LogP contribution is 2.32. The summed E-state index contributed by atoms with van der Waals surface area (Å²) in [7, 11) is 1.64. The molecule has 4 heteroatoms. The van der Waals surface area contributed by atoms with E-state index in [0.717, 1.165) is 0 Å². The molecule has 0 aromatic rings. The van der Waals surface area contributed by atoms with Gasteiger partial charge in [-0.1, -0.05) is 0 Å². The van der Waals surface area contributed by atoms with E-state index in [0.29, 0.717) is 37.9 Å². The van der Waals surface area contributed by atoms with E-state index in [1.54, 1.807) is 12.0 Å². The quantitative estimate of drug-likeness (QED) is 0.608. The van der Waals surface area contributed by atoms with Crippen LogP contribution in [0.2, 0.25) is 0 Å². The van der Waals surface area contributed by atoms with Crippen LogP contribution in [-0.4, -0.2) is 43.5 Å². The van der Waals surface area contributed by atoms with Crippen molar-refractivity contribution in [2.45, 2.75) is 19.3 Å². The molecule has 0 saturated heterocycles. The number of halogens is 1. The Kier molecular flexibility index (Phi) is 5.26. The van der Waals surface area contributed by atoms with Gasteiger partial charge in [-0.25, -0.2) is 0 Å². The molecule has 0 N–H and O–H groups in total. The molecule has 0 aromatic heterocycles. The Balaban J connectivity index is 2.26. The molecule has 0 radical (unpaired) electrons. The molecule has 3 nitrogen and oxygen atoms in total. The third-order valence-electron chi connectivity index (χ3n) is 2.43. The molecular formula is C10H18ClNO2. The monoisotopic (exact) mass is 219 g/mol. The molecule has 0 aromatic carbocycles. The molecule has 0 bridgehead atoms. The van der Waals surface area contributed by atoms with Gasteiger partial charge in [-0.2, -0.15) is 0 Å². The fourth-order valence-corrected chi connectivity index (χ4v) is 1.57. The molecule has 14 heavy (non-hydrogen) atoms. The van der Waals surface area contributed by atoms with Gasteiger partial charge in [0.05, 0.1) is 6.61 Å². The maximum Gasteiger partial charge on any atom is 0.222 e. The van der Waals surface area contributed by atoms with Crippen molar-refractivity contribution < 1.29 is 9.53 Å². The highest BCUT2D eigenvalue weighted by atomic mass is 35.5. The Labute approximate surface area is 90.4 Å². The Bertz CT molecular complexity index is 183. The highest BCUT2D eigenvalue weighted by molar-refractivity contribution is 6.18. The number of alkyl halides is 1. The molecule has 0 aliphatic heterocycles. The van der Waals surface area contributed by atoms with E-state index in [1.807, 2.05) is 0 Å². The second-order valence-electron chi connectivity index (χ2n) is 3.71. The van der Waals surface area contributed by atoms with Crippen LogP contribution in [0.5, 0.6) is 0 Å². The third-order valence-corrected chi connectivity index (χ3v) is 2.60. The lowest BCUT2D eigenvalue weighted by Crippen LogP contribution is -2.35. The van der Waals surface area contributed by atoms with Gasteiger partial charge >= 0.3 is 0 Å². The summed E-state index contributed by atoms with van der Waals surface area (Å²) in [4.78, 5) is 13.5. The van der Waals surface area contributed by atoms with Crippen molar-refractivity contribution in [2.75, 3.05) is 32.7 Å². The average molecular weight is 220 g/mol. The van der Waals surface area contributed by atoms with Crippen LogP contribution >= 0.6 is 11.6 Å². The summed E-state index contributed by atoms with van der Waals surface area (Å²) >= 11 is 5.64. The van der Waals surface area contributed by atoms with Crippen molar-refractivity contribution in [3.8, 4) is 0 Å². The largest absolute Gasteiger partial charge is 0.383 e. The standard InChI is InChI=1S/C10H18ClNO2/c1-14-7-6-12(5-4-11)10(13)8-9-2-3-9/h9H,2-8H2,1H3. The Hall–Kier alpha value is -0.280. The normalized spacial score (nSPS) is 15.6. The zero-order valence-corrected chi connectivity index (χ0v) is 9.42. The third kappa shape index (κ3) is 4.29. The summed E-state index contributed by atoms with van der Waals surface area (Å²) in [6, 6.07) is 0. The van der Waals surface area contributed by atoms with Crippen LogP contribution in [0.25, 0.3) is 0 Å². The van der Waals surface area contributed by atoms with Crippen LogP contribution < -0.4 is 0 Å². The summed E-state index contributed by atoms with van der Waals surface area (Å²) < 4.78 is 4.95. The molecule has 0 unspecified atom stereocenters. The second kappa shape index (κ2) is 6.25. The molecule has 0 atom stereocenters. The molecule has 1 aliphatic carbocycles. The molecule has 1 amide bonds. The molecular weight excluding hydrogens is 202 g/mol. The van der Waals surface area contributed by atoms with Gasteiger partial charge in [-0.3, -0.25) is 4.79 Å². The number of carbonyl (C=O) groups is 1. The van der Waals surface area contributed by atoms with E-state index in [4.69, 9.17) is 16.3 Å². The number of ether oxygens (including phenoxy) is 1. The predicted molar refractivity (Wildman–Crippen MR) is 56.5 cm³/mol. The number of rotatable bonds is 7. The molecule has 1 fully saturated rings. The number of amides is 1. The van der Waals surface area contributed by atoms with E-state index in [2.05, 4.69) is 0 Å². The van der Waals surface area contributed by atoms with Crippen LogP contribution in [0.1, 0.15) is 19.3 Å². The zero-order chi connectivity index (χ0) is 10.4. The van der Waals surface area contributed by atoms with Gasteiger partial charge in [0, 0.05) is 32.5 Å². The average Bonchev–Trinajstić information content (AvgIpc) is 2.95. The number of nitrogens with zero attached hydrogens (tertiary/aromatic N) is 1. The van der Waals surface area contributed by atoms with Gasteiger partial charge in [0.25, 0.3) is 0 Å². The first-order chi connectivity index (χ1) is 6.77. The minimum atomic E-state index is 0.227. The Morgan fingerprint density at radius 3 is 2.71 bits per heavy atom. The van der Waals surface area contributed by atoms with Crippen molar-refractivity contribution in [1.29, 1.82) is 0 Å². The maximum atomic E-state index is 11.7. The molecule has 1 rings (SSSR count). The molecule has 0 heterocycles. The number of carbonyl (C=O) groups excluding carboxylic acids is 1. The summed E-state index contributed by atoms with van der Waals surface area (Å²) in [6.07, 6.45) is 3.12. The van der Waals surface area contributed by atoms with Gasteiger partial charge in [-0.05, 0) is 18.8 Å². The van der Waals surface area contributed by atoms with Gasteiger partial charge in [0.2, 0.25) is 5.91 Å². The van der Waals surface area contributed by atoms with Crippen molar-refractivity contribution >= 4 is 17.5 Å². The fourth-order valence-electron chi connectivity index (χ4n) is 1.36. The van der Waals surface area contributed by atoms with Crippen LogP contribution in [0.3, 0.4) is 0 Å². The first kappa shape index (κ1) is 11.8. The maximum absolute atomic E-state index is 11.7. The summed E-state index contributed by atoms with van der Waals surface area (Å²) in [5.74, 6) is 1.37. The van der Waals surface area contributed by atoms with E-state index in [1.165, 1.54) is 12.8 Å². The lowest BCUT2D eigenvalue weighted by Gasteiger charge is -2.21. The molecule has 82 valence electrons. The predicted octanol–water partition coefficient (Wildman–Crippen LogP) is 1.50. The summed E-state index contributed by atoms with van der Waals surface area (Å²) in [5, 5.41) is 0. The van der Waals surface area contributed by atoms with Crippen molar-refractivity contribution in [3.05, 3.63) is 0 Å². The lowest BCUT2D eigenvalue weighted by atomic mass is 10.2. The van der Waals surface area contributed by atoms with Crippen LogP contribution in [0, 0.1) is 5.92 Å². The van der Waals surface area contributed by atoms with Crippen molar-refractivity contribution in [3.63, 3.8) is 0 Å². The number of hydrogen-bond donors (Lipinski definition) is 0. The minimum absolute atomic E-state index is 0.227. The van der Waals surface area contributed by atoms with Crippen molar-refractivity contribution in [2.24, 2.45) is 5.92 Å². The van der Waals surface area contributed by atoms with Gasteiger partial charge in [-0.15, -0.1) is 11.6 Å². The first-order valence-electron chi connectivity index (χ1n) is 5.10. The molecule has 1 saturated carbocycles.